The van der Waals surface area contributed by atoms with Crippen LogP contribution >= 0.6 is 23.2 Å². The van der Waals surface area contributed by atoms with Crippen LogP contribution in [-0.4, -0.2) is 30.6 Å². The van der Waals surface area contributed by atoms with E-state index in [0.29, 0.717) is 6.04 Å². The highest BCUT2D eigenvalue weighted by Gasteiger charge is 2.13. The van der Waals surface area contributed by atoms with E-state index < -0.39 is 0 Å². The number of hydrogen-bond acceptors (Lipinski definition) is 2. The van der Waals surface area contributed by atoms with Crippen LogP contribution in [0.3, 0.4) is 0 Å². The summed E-state index contributed by atoms with van der Waals surface area (Å²) in [7, 11) is 0. The van der Waals surface area contributed by atoms with Crippen LogP contribution in [0.4, 0.5) is 0 Å². The van der Waals surface area contributed by atoms with Crippen molar-refractivity contribution in [2.75, 3.05) is 19.6 Å². The lowest BCUT2D eigenvalue weighted by atomic mass is 10.1. The fourth-order valence-corrected chi connectivity index (χ4v) is 3.10. The summed E-state index contributed by atoms with van der Waals surface area (Å²) in [6.07, 6.45) is 4.06. The van der Waals surface area contributed by atoms with Crippen LogP contribution in [-0.2, 0) is 6.54 Å². The zero-order chi connectivity index (χ0) is 13.7. The SMILES string of the molecule is CC(CN1CCCCC1)NCc1c(Cl)cccc1Cl. The number of likely N-dealkylation sites (tertiary alicyclic amines) is 1. The van der Waals surface area contributed by atoms with Crippen LogP contribution in [0.15, 0.2) is 18.2 Å². The maximum absolute atomic E-state index is 6.17. The van der Waals surface area contributed by atoms with Crippen LogP contribution < -0.4 is 5.32 Å². The molecular weight excluding hydrogens is 279 g/mol. The predicted molar refractivity (Wildman–Crippen MR) is 83.1 cm³/mol. The minimum atomic E-state index is 0.449. The summed E-state index contributed by atoms with van der Waals surface area (Å²) in [5.41, 5.74) is 0.997. The molecule has 1 fully saturated rings. The molecule has 0 saturated carbocycles. The zero-order valence-electron chi connectivity index (χ0n) is 11.5. The fourth-order valence-electron chi connectivity index (χ4n) is 2.57. The van der Waals surface area contributed by atoms with Crippen LogP contribution in [0.25, 0.3) is 0 Å². The number of nitrogens with one attached hydrogen (secondary N) is 1. The number of hydrogen-bond donors (Lipinski definition) is 1. The molecule has 1 saturated heterocycles. The summed E-state index contributed by atoms with van der Waals surface area (Å²) in [6.45, 7) is 6.52. The lowest BCUT2D eigenvalue weighted by molar-refractivity contribution is 0.209. The van der Waals surface area contributed by atoms with Gasteiger partial charge < -0.3 is 10.2 Å². The van der Waals surface area contributed by atoms with E-state index in [1.54, 1.807) is 0 Å². The molecule has 106 valence electrons. The molecule has 2 rings (SSSR count). The monoisotopic (exact) mass is 300 g/mol. The molecular formula is C15H22Cl2N2. The Hall–Kier alpha value is -0.280. The van der Waals surface area contributed by atoms with Gasteiger partial charge in [-0.3, -0.25) is 0 Å². The Bertz CT molecular complexity index is 383. The van der Waals surface area contributed by atoms with Crippen molar-refractivity contribution in [1.29, 1.82) is 0 Å². The van der Waals surface area contributed by atoms with E-state index in [1.165, 1.54) is 32.4 Å². The molecule has 2 nitrogen and oxygen atoms in total. The Labute approximate surface area is 126 Å². The van der Waals surface area contributed by atoms with Gasteiger partial charge in [0.15, 0.2) is 0 Å². The molecule has 0 radical (unpaired) electrons. The molecule has 1 N–H and O–H groups in total. The Balaban J connectivity index is 1.81. The first-order chi connectivity index (χ1) is 9.16. The van der Waals surface area contributed by atoms with Gasteiger partial charge >= 0.3 is 0 Å². The molecule has 1 heterocycles. The van der Waals surface area contributed by atoms with Crippen molar-refractivity contribution < 1.29 is 0 Å². The third kappa shape index (κ3) is 4.64. The van der Waals surface area contributed by atoms with Crippen LogP contribution in [0.1, 0.15) is 31.7 Å². The van der Waals surface area contributed by atoms with Crippen molar-refractivity contribution in [1.82, 2.24) is 10.2 Å². The lowest BCUT2D eigenvalue weighted by Gasteiger charge is -2.29. The number of rotatable bonds is 5. The van der Waals surface area contributed by atoms with E-state index in [0.717, 1.165) is 28.7 Å². The summed E-state index contributed by atoms with van der Waals surface area (Å²) >= 11 is 12.3. The normalized spacial score (nSPS) is 18.5. The third-order valence-corrected chi connectivity index (χ3v) is 4.38. The Morgan fingerprint density at radius 2 is 1.79 bits per heavy atom. The van der Waals surface area contributed by atoms with Gasteiger partial charge in [0, 0.05) is 34.7 Å². The van der Waals surface area contributed by atoms with E-state index in [1.807, 2.05) is 18.2 Å². The fraction of sp³-hybridized carbons (Fsp3) is 0.600. The molecule has 0 bridgehead atoms. The average molecular weight is 301 g/mol. The maximum Gasteiger partial charge on any atom is 0.0465 e. The topological polar surface area (TPSA) is 15.3 Å². The quantitative estimate of drug-likeness (QED) is 0.885. The minimum absolute atomic E-state index is 0.449. The van der Waals surface area contributed by atoms with Gasteiger partial charge in [-0.2, -0.15) is 0 Å². The summed E-state index contributed by atoms with van der Waals surface area (Å²) in [5.74, 6) is 0. The number of benzene rings is 1. The molecule has 19 heavy (non-hydrogen) atoms. The second-order valence-electron chi connectivity index (χ2n) is 5.34. The number of piperidine rings is 1. The molecule has 1 aliphatic heterocycles. The van der Waals surface area contributed by atoms with Gasteiger partial charge in [-0.25, -0.2) is 0 Å². The molecule has 0 amide bonds. The Morgan fingerprint density at radius 3 is 2.42 bits per heavy atom. The molecule has 1 aliphatic rings. The zero-order valence-corrected chi connectivity index (χ0v) is 13.0. The van der Waals surface area contributed by atoms with E-state index in [2.05, 4.69) is 17.1 Å². The second kappa shape index (κ2) is 7.49. The van der Waals surface area contributed by atoms with E-state index >= 15 is 0 Å². The van der Waals surface area contributed by atoms with E-state index in [9.17, 15) is 0 Å². The van der Waals surface area contributed by atoms with Gasteiger partial charge in [0.1, 0.15) is 0 Å². The first kappa shape index (κ1) is 15.1. The highest BCUT2D eigenvalue weighted by molar-refractivity contribution is 6.35. The van der Waals surface area contributed by atoms with Gasteiger partial charge in [-0.15, -0.1) is 0 Å². The van der Waals surface area contributed by atoms with Gasteiger partial charge in [-0.05, 0) is 45.0 Å². The van der Waals surface area contributed by atoms with Crippen molar-refractivity contribution >= 4 is 23.2 Å². The van der Waals surface area contributed by atoms with Crippen molar-refractivity contribution in [2.24, 2.45) is 0 Å². The average Bonchev–Trinajstić information content (AvgIpc) is 2.39. The smallest absolute Gasteiger partial charge is 0.0465 e. The largest absolute Gasteiger partial charge is 0.309 e. The summed E-state index contributed by atoms with van der Waals surface area (Å²) in [6, 6.07) is 6.11. The third-order valence-electron chi connectivity index (χ3n) is 3.67. The van der Waals surface area contributed by atoms with Crippen LogP contribution in [0.5, 0.6) is 0 Å². The Kier molecular flexibility index (Phi) is 5.96. The molecule has 4 heteroatoms. The number of nitrogens with zero attached hydrogens (tertiary/aromatic N) is 1. The molecule has 1 unspecified atom stereocenters. The highest BCUT2D eigenvalue weighted by Crippen LogP contribution is 2.24. The highest BCUT2D eigenvalue weighted by atomic mass is 35.5. The minimum Gasteiger partial charge on any atom is -0.309 e. The number of halogens is 2. The summed E-state index contributed by atoms with van der Waals surface area (Å²) < 4.78 is 0. The molecule has 0 spiro atoms. The first-order valence-electron chi connectivity index (χ1n) is 7.05. The van der Waals surface area contributed by atoms with E-state index in [-0.39, 0.29) is 0 Å². The lowest BCUT2D eigenvalue weighted by Crippen LogP contribution is -2.41. The van der Waals surface area contributed by atoms with Gasteiger partial charge in [0.05, 0.1) is 0 Å². The molecule has 0 aliphatic carbocycles. The first-order valence-corrected chi connectivity index (χ1v) is 7.81. The van der Waals surface area contributed by atoms with Crippen molar-refractivity contribution in [2.45, 2.75) is 38.8 Å². The molecule has 1 atom stereocenters. The van der Waals surface area contributed by atoms with Crippen molar-refractivity contribution in [3.63, 3.8) is 0 Å². The van der Waals surface area contributed by atoms with Gasteiger partial charge in [0.25, 0.3) is 0 Å². The maximum atomic E-state index is 6.17. The predicted octanol–water partition coefficient (Wildman–Crippen LogP) is 3.96. The van der Waals surface area contributed by atoms with Gasteiger partial charge in [-0.1, -0.05) is 35.7 Å². The van der Waals surface area contributed by atoms with Crippen LogP contribution in [0, 0.1) is 0 Å². The van der Waals surface area contributed by atoms with Crippen molar-refractivity contribution in [3.8, 4) is 0 Å². The van der Waals surface area contributed by atoms with E-state index in [4.69, 9.17) is 23.2 Å². The summed E-state index contributed by atoms with van der Waals surface area (Å²) in [5, 5.41) is 5.00. The Morgan fingerprint density at radius 1 is 1.16 bits per heavy atom. The van der Waals surface area contributed by atoms with Gasteiger partial charge in [0.2, 0.25) is 0 Å². The molecule has 1 aromatic rings. The van der Waals surface area contributed by atoms with Crippen molar-refractivity contribution in [3.05, 3.63) is 33.8 Å². The second-order valence-corrected chi connectivity index (χ2v) is 6.16. The molecule has 0 aromatic heterocycles. The standard InChI is InChI=1S/C15H22Cl2N2/c1-12(11-19-8-3-2-4-9-19)18-10-13-14(16)6-5-7-15(13)17/h5-7,12,18H,2-4,8-11H2,1H3. The molecule has 1 aromatic carbocycles. The van der Waals surface area contributed by atoms with Crippen LogP contribution in [0.2, 0.25) is 10.0 Å². The summed E-state index contributed by atoms with van der Waals surface area (Å²) in [4.78, 5) is 2.54.